The number of aromatic amines is 1. The van der Waals surface area contributed by atoms with E-state index in [0.717, 1.165) is 12.4 Å². The van der Waals surface area contributed by atoms with Crippen LogP contribution in [0.15, 0.2) is 31.0 Å². The third kappa shape index (κ3) is 4.30. The summed E-state index contributed by atoms with van der Waals surface area (Å²) in [4.78, 5) is 32.3. The zero-order valence-corrected chi connectivity index (χ0v) is 14.4. The van der Waals surface area contributed by atoms with E-state index < -0.39 is 24.7 Å². The number of fused-ring (bicyclic) bond motifs is 1. The van der Waals surface area contributed by atoms with Crippen LogP contribution in [0, 0.1) is 0 Å². The Hall–Kier alpha value is -3.24. The van der Waals surface area contributed by atoms with Gasteiger partial charge in [-0.05, 0) is 13.0 Å². The Morgan fingerprint density at radius 2 is 2.15 bits per heavy atom. The quantitative estimate of drug-likeness (QED) is 0.705. The number of halogens is 3. The van der Waals surface area contributed by atoms with Gasteiger partial charge in [0.1, 0.15) is 30.4 Å². The van der Waals surface area contributed by atoms with E-state index in [1.807, 2.05) is 0 Å². The molecule has 3 rings (SSSR count). The molecule has 2 N–H and O–H groups in total. The third-order valence-corrected chi connectivity index (χ3v) is 3.78. The van der Waals surface area contributed by atoms with Gasteiger partial charge in [0.2, 0.25) is 5.91 Å². The van der Waals surface area contributed by atoms with Gasteiger partial charge in [-0.15, -0.1) is 0 Å². The minimum atomic E-state index is -4.45. The average Bonchev–Trinajstić information content (AvgIpc) is 3.04. The second-order valence-electron chi connectivity index (χ2n) is 5.93. The van der Waals surface area contributed by atoms with E-state index in [4.69, 9.17) is 0 Å². The lowest BCUT2D eigenvalue weighted by molar-refractivity contribution is -0.158. The number of hydrogen-bond acceptors (Lipinski definition) is 6. The first-order valence-electron chi connectivity index (χ1n) is 7.93. The van der Waals surface area contributed by atoms with Crippen LogP contribution in [-0.2, 0) is 4.79 Å². The number of carbonyl (C=O) groups is 1. The van der Waals surface area contributed by atoms with Crippen molar-refractivity contribution in [3.63, 3.8) is 0 Å². The van der Waals surface area contributed by atoms with Crippen molar-refractivity contribution in [1.29, 1.82) is 0 Å². The molecule has 0 aromatic carbocycles. The summed E-state index contributed by atoms with van der Waals surface area (Å²) >= 11 is 0. The maximum absolute atomic E-state index is 12.4. The molecule has 0 aliphatic heterocycles. The van der Waals surface area contributed by atoms with E-state index in [-0.39, 0.29) is 0 Å². The van der Waals surface area contributed by atoms with Crippen LogP contribution in [0.2, 0.25) is 0 Å². The Bertz CT molecular complexity index is 956. The maximum atomic E-state index is 12.4. The summed E-state index contributed by atoms with van der Waals surface area (Å²) in [6.07, 6.45) is 1.75. The molecule has 0 radical (unpaired) electrons. The molecule has 8 nitrogen and oxygen atoms in total. The molecule has 0 saturated heterocycles. The Balaban J connectivity index is 1.77. The second-order valence-corrected chi connectivity index (χ2v) is 5.93. The molecule has 0 spiro atoms. The first-order chi connectivity index (χ1) is 12.7. The highest BCUT2D eigenvalue weighted by molar-refractivity contribution is 5.91. The zero-order valence-electron chi connectivity index (χ0n) is 14.4. The van der Waals surface area contributed by atoms with Crippen molar-refractivity contribution in [2.24, 2.45) is 0 Å². The normalized spacial score (nSPS) is 12.8. The molecule has 0 unspecified atom stereocenters. The number of H-pyrrole nitrogens is 1. The van der Waals surface area contributed by atoms with Crippen molar-refractivity contribution in [2.45, 2.75) is 19.1 Å². The Morgan fingerprint density at radius 1 is 1.37 bits per heavy atom. The van der Waals surface area contributed by atoms with Crippen LogP contribution >= 0.6 is 0 Å². The molecular formula is C16H16F3N7O. The predicted octanol–water partition coefficient (Wildman–Crippen LogP) is 2.24. The smallest absolute Gasteiger partial charge is 0.359 e. The molecule has 0 aliphatic carbocycles. The number of carbonyl (C=O) groups excluding carboxylic acids is 1. The topological polar surface area (TPSA) is 99.7 Å². The van der Waals surface area contributed by atoms with Crippen LogP contribution in [0.1, 0.15) is 6.92 Å². The fraction of sp³-hybridized carbons (Fsp3) is 0.312. The molecule has 1 atom stereocenters. The van der Waals surface area contributed by atoms with Crippen LogP contribution in [0.3, 0.4) is 0 Å². The van der Waals surface area contributed by atoms with Gasteiger partial charge in [-0.1, -0.05) is 0 Å². The Morgan fingerprint density at radius 3 is 2.89 bits per heavy atom. The molecule has 3 aromatic heterocycles. The van der Waals surface area contributed by atoms with E-state index >= 15 is 0 Å². The van der Waals surface area contributed by atoms with Gasteiger partial charge in [0, 0.05) is 36.6 Å². The van der Waals surface area contributed by atoms with E-state index in [9.17, 15) is 18.0 Å². The molecule has 0 bridgehead atoms. The highest BCUT2D eigenvalue weighted by atomic mass is 19.4. The summed E-state index contributed by atoms with van der Waals surface area (Å²) in [6, 6.07) is 0.633. The molecule has 1 amide bonds. The molecule has 142 valence electrons. The van der Waals surface area contributed by atoms with Crippen LogP contribution in [-0.4, -0.2) is 61.5 Å². The molecule has 0 saturated carbocycles. The van der Waals surface area contributed by atoms with E-state index in [1.54, 1.807) is 12.4 Å². The highest BCUT2D eigenvalue weighted by Crippen LogP contribution is 2.24. The fourth-order valence-corrected chi connectivity index (χ4v) is 2.57. The van der Waals surface area contributed by atoms with Crippen molar-refractivity contribution in [1.82, 2.24) is 29.8 Å². The molecule has 0 fully saturated rings. The summed E-state index contributed by atoms with van der Waals surface area (Å²) in [5.74, 6) is -0.0233. The minimum absolute atomic E-state index is 0.312. The summed E-state index contributed by atoms with van der Waals surface area (Å²) in [5, 5.41) is 3.53. The molecule has 27 heavy (non-hydrogen) atoms. The third-order valence-electron chi connectivity index (χ3n) is 3.78. The van der Waals surface area contributed by atoms with Crippen molar-refractivity contribution in [3.8, 4) is 11.4 Å². The lowest BCUT2D eigenvalue weighted by Gasteiger charge is -2.23. The molecule has 0 aliphatic rings. The molecule has 3 heterocycles. The number of likely N-dealkylation sites (N-methyl/N-ethyl adjacent to an activating group) is 1. The monoisotopic (exact) mass is 379 g/mol. The predicted molar refractivity (Wildman–Crippen MR) is 91.7 cm³/mol. The molecular weight excluding hydrogens is 363 g/mol. The lowest BCUT2D eigenvalue weighted by Crippen LogP contribution is -2.43. The van der Waals surface area contributed by atoms with Crippen LogP contribution in [0.4, 0.5) is 19.0 Å². The fourth-order valence-electron chi connectivity index (χ4n) is 2.57. The minimum Gasteiger partial charge on any atom is -0.359 e. The summed E-state index contributed by atoms with van der Waals surface area (Å²) in [7, 11) is 1.10. The van der Waals surface area contributed by atoms with Gasteiger partial charge in [0.25, 0.3) is 0 Å². The number of amides is 1. The van der Waals surface area contributed by atoms with E-state index in [0.29, 0.717) is 27.8 Å². The number of nitrogens with zero attached hydrogens (tertiary/aromatic N) is 5. The maximum Gasteiger partial charge on any atom is 0.406 e. The highest BCUT2D eigenvalue weighted by Gasteiger charge is 2.32. The number of hydrogen-bond donors (Lipinski definition) is 2. The molecule has 11 heteroatoms. The number of nitrogens with one attached hydrogen (secondary N) is 2. The first-order valence-corrected chi connectivity index (χ1v) is 7.93. The number of anilines is 1. The number of rotatable bonds is 5. The van der Waals surface area contributed by atoms with E-state index in [1.165, 1.54) is 25.5 Å². The number of alkyl halides is 3. The van der Waals surface area contributed by atoms with Crippen LogP contribution < -0.4 is 5.32 Å². The Kier molecular flexibility index (Phi) is 4.93. The zero-order chi connectivity index (χ0) is 19.6. The number of aromatic nitrogens is 5. The first kappa shape index (κ1) is 18.5. The van der Waals surface area contributed by atoms with Gasteiger partial charge in [-0.25, -0.2) is 19.9 Å². The van der Waals surface area contributed by atoms with Gasteiger partial charge in [0.15, 0.2) is 5.82 Å². The van der Waals surface area contributed by atoms with Crippen molar-refractivity contribution in [3.05, 3.63) is 31.0 Å². The van der Waals surface area contributed by atoms with Gasteiger partial charge in [0.05, 0.1) is 0 Å². The van der Waals surface area contributed by atoms with Crippen molar-refractivity contribution in [2.75, 3.05) is 18.9 Å². The van der Waals surface area contributed by atoms with Crippen molar-refractivity contribution >= 4 is 22.8 Å². The molecule has 3 aromatic rings. The average molecular weight is 379 g/mol. The largest absolute Gasteiger partial charge is 0.406 e. The van der Waals surface area contributed by atoms with Crippen LogP contribution in [0.5, 0.6) is 0 Å². The SMILES string of the molecule is C[C@@H](Nc1ccnc(-c2c[nH]c3ncncc23)n1)C(=O)N(C)CC(F)(F)F. The van der Waals surface area contributed by atoms with E-state index in [2.05, 4.69) is 30.2 Å². The van der Waals surface area contributed by atoms with Crippen molar-refractivity contribution < 1.29 is 18.0 Å². The Labute approximate surface area is 151 Å². The van der Waals surface area contributed by atoms with Gasteiger partial charge >= 0.3 is 6.18 Å². The summed E-state index contributed by atoms with van der Waals surface area (Å²) in [5.41, 5.74) is 1.29. The summed E-state index contributed by atoms with van der Waals surface area (Å²) in [6.45, 7) is 0.152. The standard InChI is InChI=1S/C16H16F3N7O/c1-9(15(27)26(2)7-16(17,18)19)24-12-3-4-21-14(25-12)11-6-22-13-10(11)5-20-8-23-13/h3-6,8-9H,7H2,1-2H3,(H,20,22,23)(H,21,24,25)/t9-/m1/s1. The van der Waals surface area contributed by atoms with Gasteiger partial charge in [-0.2, -0.15) is 13.2 Å². The van der Waals surface area contributed by atoms with Gasteiger partial charge in [-0.3, -0.25) is 4.79 Å². The summed E-state index contributed by atoms with van der Waals surface area (Å²) < 4.78 is 37.3. The van der Waals surface area contributed by atoms with Gasteiger partial charge < -0.3 is 15.2 Å². The lowest BCUT2D eigenvalue weighted by atomic mass is 10.2. The second kappa shape index (κ2) is 7.17. The van der Waals surface area contributed by atoms with Crippen LogP contribution in [0.25, 0.3) is 22.4 Å².